The second kappa shape index (κ2) is 5.59. The number of nitrogens with one attached hydrogen (secondary N) is 1. The molecule has 2 aromatic heterocycles. The van der Waals surface area contributed by atoms with Crippen LogP contribution in [0.5, 0.6) is 0 Å². The molecule has 2 heterocycles. The molecule has 1 fully saturated rings. The van der Waals surface area contributed by atoms with Gasteiger partial charge in [0.25, 0.3) is 0 Å². The molecular weight excluding hydrogens is 290 g/mol. The average molecular weight is 307 g/mol. The minimum Gasteiger partial charge on any atom is -0.289 e. The Labute approximate surface area is 133 Å². The topological polar surface area (TPSA) is 75.1 Å². The lowest BCUT2D eigenvalue weighted by Gasteiger charge is -2.13. The summed E-state index contributed by atoms with van der Waals surface area (Å²) >= 11 is 0. The number of aromatic nitrogens is 2. The molecule has 0 bridgehead atoms. The van der Waals surface area contributed by atoms with Crippen LogP contribution in [0.15, 0.2) is 54.9 Å². The summed E-state index contributed by atoms with van der Waals surface area (Å²) in [6.45, 7) is 0. The highest BCUT2D eigenvalue weighted by molar-refractivity contribution is 5.86. The number of carbonyl (C=O) groups is 1. The maximum atomic E-state index is 12.1. The number of nitrogens with zero attached hydrogens (tertiary/aromatic N) is 2. The molecule has 2 aliphatic rings. The van der Waals surface area contributed by atoms with Gasteiger partial charge in [-0.1, -0.05) is 24.3 Å². The Morgan fingerprint density at radius 3 is 2.91 bits per heavy atom. The van der Waals surface area contributed by atoms with E-state index >= 15 is 0 Å². The van der Waals surface area contributed by atoms with Crippen molar-refractivity contribution in [2.45, 2.75) is 12.3 Å². The summed E-state index contributed by atoms with van der Waals surface area (Å²) in [5.74, 6) is -0.00325. The van der Waals surface area contributed by atoms with Crippen molar-refractivity contribution in [1.29, 1.82) is 0 Å². The fraction of sp³-hybridized carbons (Fsp3) is 0.278. The van der Waals surface area contributed by atoms with Crippen LogP contribution in [0.1, 0.15) is 17.9 Å². The Morgan fingerprint density at radius 1 is 1.22 bits per heavy atom. The van der Waals surface area contributed by atoms with Crippen molar-refractivity contribution in [3.63, 3.8) is 0 Å². The molecule has 116 valence electrons. The lowest BCUT2D eigenvalue weighted by Crippen LogP contribution is -2.22. The monoisotopic (exact) mass is 307 g/mol. The lowest BCUT2D eigenvalue weighted by molar-refractivity contribution is -0.131. The van der Waals surface area contributed by atoms with Crippen molar-refractivity contribution >= 4 is 16.9 Å². The number of amides is 1. The van der Waals surface area contributed by atoms with Crippen LogP contribution in [0.3, 0.4) is 0 Å². The molecule has 2 N–H and O–H groups in total. The van der Waals surface area contributed by atoms with Gasteiger partial charge in [0.15, 0.2) is 0 Å². The van der Waals surface area contributed by atoms with Crippen LogP contribution in [0, 0.1) is 17.8 Å². The van der Waals surface area contributed by atoms with Gasteiger partial charge in [-0.3, -0.25) is 20.0 Å². The fourth-order valence-corrected chi connectivity index (χ4v) is 3.83. The molecule has 0 saturated heterocycles. The van der Waals surface area contributed by atoms with E-state index in [1.165, 1.54) is 0 Å². The van der Waals surface area contributed by atoms with E-state index in [9.17, 15) is 4.79 Å². The molecule has 1 unspecified atom stereocenters. The number of rotatable bonds is 3. The molecule has 5 nitrogen and oxygen atoms in total. The molecule has 2 aliphatic carbocycles. The van der Waals surface area contributed by atoms with Crippen LogP contribution < -0.4 is 5.48 Å². The molecule has 23 heavy (non-hydrogen) atoms. The van der Waals surface area contributed by atoms with Crippen LogP contribution in [0.2, 0.25) is 0 Å². The number of allylic oxidation sites excluding steroid dienone is 4. The van der Waals surface area contributed by atoms with Crippen molar-refractivity contribution in [3.8, 4) is 0 Å². The van der Waals surface area contributed by atoms with Crippen molar-refractivity contribution in [3.05, 3.63) is 60.5 Å². The summed E-state index contributed by atoms with van der Waals surface area (Å²) in [5.41, 5.74) is 4.54. The van der Waals surface area contributed by atoms with E-state index in [-0.39, 0.29) is 23.7 Å². The minimum absolute atomic E-state index is 0.0590. The summed E-state index contributed by atoms with van der Waals surface area (Å²) in [6.07, 6.45) is 12.8. The van der Waals surface area contributed by atoms with Gasteiger partial charge in [0.2, 0.25) is 5.91 Å². The van der Waals surface area contributed by atoms with Crippen LogP contribution in [-0.4, -0.2) is 21.1 Å². The van der Waals surface area contributed by atoms with Crippen LogP contribution in [-0.2, 0) is 4.79 Å². The van der Waals surface area contributed by atoms with Gasteiger partial charge in [-0.2, -0.15) is 0 Å². The normalized spacial score (nSPS) is 28.7. The third-order valence-corrected chi connectivity index (χ3v) is 4.88. The molecule has 0 aliphatic heterocycles. The molecule has 0 aromatic carbocycles. The van der Waals surface area contributed by atoms with Gasteiger partial charge in [0, 0.05) is 18.3 Å². The van der Waals surface area contributed by atoms with Crippen molar-refractivity contribution in [2.75, 3.05) is 0 Å². The molecule has 0 radical (unpaired) electrons. The Hall–Kier alpha value is -2.53. The van der Waals surface area contributed by atoms with E-state index in [0.717, 1.165) is 23.0 Å². The van der Waals surface area contributed by atoms with E-state index in [2.05, 4.69) is 22.1 Å². The zero-order valence-corrected chi connectivity index (χ0v) is 12.5. The molecule has 4 rings (SSSR count). The SMILES string of the molecule is O=C(NO)[C@H]1[C@H](c2ccnc3cccnc23)[C@H]1C1C=CC=CC1. The summed E-state index contributed by atoms with van der Waals surface area (Å²) in [6, 6.07) is 5.73. The maximum absolute atomic E-state index is 12.1. The minimum atomic E-state index is -0.316. The molecule has 1 saturated carbocycles. The maximum Gasteiger partial charge on any atom is 0.247 e. The van der Waals surface area contributed by atoms with Crippen molar-refractivity contribution < 1.29 is 10.0 Å². The largest absolute Gasteiger partial charge is 0.289 e. The first kappa shape index (κ1) is 14.1. The molecule has 2 aromatic rings. The van der Waals surface area contributed by atoms with Crippen LogP contribution >= 0.6 is 0 Å². The number of hydrogen-bond acceptors (Lipinski definition) is 4. The molecule has 0 spiro atoms. The van der Waals surface area contributed by atoms with Crippen LogP contribution in [0.4, 0.5) is 0 Å². The van der Waals surface area contributed by atoms with Gasteiger partial charge in [-0.25, -0.2) is 5.48 Å². The Kier molecular flexibility index (Phi) is 3.42. The zero-order chi connectivity index (χ0) is 15.8. The van der Waals surface area contributed by atoms with E-state index in [1.54, 1.807) is 12.4 Å². The lowest BCUT2D eigenvalue weighted by atomic mass is 9.92. The van der Waals surface area contributed by atoms with Gasteiger partial charge >= 0.3 is 0 Å². The standard InChI is InChI=1S/C18H17N3O2/c22-18(21-23)16-14(11-5-2-1-3-6-11)15(16)12-8-10-19-13-7-4-9-20-17(12)13/h1-5,7-11,14-16,23H,6H2,(H,21,22)/t11?,14-,15-,16-/m1/s1. The van der Waals surface area contributed by atoms with E-state index in [1.807, 2.05) is 35.8 Å². The second-order valence-corrected chi connectivity index (χ2v) is 6.09. The summed E-state index contributed by atoms with van der Waals surface area (Å²) in [7, 11) is 0. The van der Waals surface area contributed by atoms with Gasteiger partial charge in [-0.15, -0.1) is 0 Å². The van der Waals surface area contributed by atoms with E-state index in [0.29, 0.717) is 5.92 Å². The predicted molar refractivity (Wildman–Crippen MR) is 85.6 cm³/mol. The zero-order valence-electron chi connectivity index (χ0n) is 12.5. The first-order valence-electron chi connectivity index (χ1n) is 7.78. The summed E-state index contributed by atoms with van der Waals surface area (Å²) < 4.78 is 0. The first-order chi connectivity index (χ1) is 11.3. The van der Waals surface area contributed by atoms with Crippen LogP contribution in [0.25, 0.3) is 11.0 Å². The Bertz CT molecular complexity index is 810. The highest BCUT2D eigenvalue weighted by Crippen LogP contribution is 2.60. The van der Waals surface area contributed by atoms with Gasteiger partial charge in [0.05, 0.1) is 17.0 Å². The number of hydroxylamine groups is 1. The fourth-order valence-electron chi connectivity index (χ4n) is 3.83. The third kappa shape index (κ3) is 2.33. The highest BCUT2D eigenvalue weighted by atomic mass is 16.5. The van der Waals surface area contributed by atoms with Crippen molar-refractivity contribution in [1.82, 2.24) is 15.4 Å². The van der Waals surface area contributed by atoms with Gasteiger partial charge in [-0.05, 0) is 42.0 Å². The summed E-state index contributed by atoms with van der Waals surface area (Å²) in [4.78, 5) is 20.9. The highest BCUT2D eigenvalue weighted by Gasteiger charge is 2.58. The summed E-state index contributed by atoms with van der Waals surface area (Å²) in [5, 5.41) is 9.08. The van der Waals surface area contributed by atoms with Gasteiger partial charge in [0.1, 0.15) is 0 Å². The number of carbonyl (C=O) groups excluding carboxylic acids is 1. The number of hydrogen-bond donors (Lipinski definition) is 2. The number of fused-ring (bicyclic) bond motifs is 1. The van der Waals surface area contributed by atoms with Crippen molar-refractivity contribution in [2.24, 2.45) is 17.8 Å². The third-order valence-electron chi connectivity index (χ3n) is 4.88. The van der Waals surface area contributed by atoms with E-state index in [4.69, 9.17) is 5.21 Å². The quantitative estimate of drug-likeness (QED) is 0.675. The smallest absolute Gasteiger partial charge is 0.247 e. The molecular formula is C18H17N3O2. The second-order valence-electron chi connectivity index (χ2n) is 6.09. The predicted octanol–water partition coefficient (Wildman–Crippen LogP) is 2.60. The van der Waals surface area contributed by atoms with Gasteiger partial charge < -0.3 is 0 Å². The Balaban J connectivity index is 1.74. The first-order valence-corrected chi connectivity index (χ1v) is 7.78. The number of pyridine rings is 2. The molecule has 4 atom stereocenters. The molecule has 5 heteroatoms. The molecule has 1 amide bonds. The van der Waals surface area contributed by atoms with E-state index < -0.39 is 0 Å². The Morgan fingerprint density at radius 2 is 2.13 bits per heavy atom. The average Bonchev–Trinajstić information content (AvgIpc) is 3.36.